The molecule has 1 atom stereocenters. The first-order chi connectivity index (χ1) is 14.4. The smallest absolute Gasteiger partial charge is 0.248 e. The molecule has 0 aliphatic carbocycles. The summed E-state index contributed by atoms with van der Waals surface area (Å²) in [6, 6.07) is 11.5. The van der Waals surface area contributed by atoms with Crippen LogP contribution in [0.1, 0.15) is 44.4 Å². The number of phenols is 1. The topological polar surface area (TPSA) is 108 Å². The molecule has 166 valence electrons. The molecule has 1 aliphatic rings. The van der Waals surface area contributed by atoms with Gasteiger partial charge in [0.1, 0.15) is 0 Å². The molecule has 1 heterocycles. The van der Waals surface area contributed by atoms with Gasteiger partial charge in [0.15, 0.2) is 11.5 Å². The largest absolute Gasteiger partial charge is 0.504 e. The number of carbonyl (C=O) groups is 1. The summed E-state index contributed by atoms with van der Waals surface area (Å²) in [5, 5.41) is 16.7. The second-order valence-corrected chi connectivity index (χ2v) is 10.3. The molecular weight excluding hydrogens is 418 g/mol. The lowest BCUT2D eigenvalue weighted by Crippen LogP contribution is -2.36. The van der Waals surface area contributed by atoms with Crippen LogP contribution in [0, 0.1) is 5.41 Å². The molecule has 0 saturated heterocycles. The number of hydrogen-bond donors (Lipinski definition) is 2. The first kappa shape index (κ1) is 22.6. The maximum atomic E-state index is 13.2. The molecule has 0 spiro atoms. The monoisotopic (exact) mass is 445 g/mol. The van der Waals surface area contributed by atoms with E-state index in [0.717, 1.165) is 6.26 Å². The summed E-state index contributed by atoms with van der Waals surface area (Å²) in [6.07, 6.45) is 1.43. The quantitative estimate of drug-likeness (QED) is 0.732. The minimum absolute atomic E-state index is 0.0364. The van der Waals surface area contributed by atoms with Crippen molar-refractivity contribution in [1.29, 1.82) is 0 Å². The molecule has 2 N–H and O–H groups in total. The van der Waals surface area contributed by atoms with E-state index in [0.29, 0.717) is 34.7 Å². The van der Waals surface area contributed by atoms with E-state index in [9.17, 15) is 18.3 Å². The van der Waals surface area contributed by atoms with Gasteiger partial charge in [0.05, 0.1) is 25.1 Å². The molecule has 9 heteroatoms. The van der Waals surface area contributed by atoms with Gasteiger partial charge >= 0.3 is 0 Å². The Balaban J connectivity index is 2.05. The summed E-state index contributed by atoms with van der Waals surface area (Å²) in [6.45, 7) is 5.42. The van der Waals surface area contributed by atoms with Gasteiger partial charge < -0.3 is 9.84 Å². The zero-order chi connectivity index (χ0) is 23.0. The lowest BCUT2D eigenvalue weighted by Gasteiger charge is -2.28. The van der Waals surface area contributed by atoms with Gasteiger partial charge in [-0.15, -0.1) is 0 Å². The number of anilines is 1. The number of hydrogen-bond acceptors (Lipinski definition) is 6. The second kappa shape index (κ2) is 8.22. The van der Waals surface area contributed by atoms with Gasteiger partial charge in [-0.1, -0.05) is 45.0 Å². The number of ether oxygens (including phenoxy) is 1. The fourth-order valence-corrected chi connectivity index (χ4v) is 3.96. The molecule has 31 heavy (non-hydrogen) atoms. The molecule has 0 bridgehead atoms. The number of benzene rings is 2. The van der Waals surface area contributed by atoms with E-state index >= 15 is 0 Å². The lowest BCUT2D eigenvalue weighted by molar-refractivity contribution is -0.141. The number of phenolic OH excluding ortho intramolecular Hbond substituents is 1. The summed E-state index contributed by atoms with van der Waals surface area (Å²) < 4.78 is 30.8. The number of hydrazone groups is 1. The van der Waals surface area contributed by atoms with E-state index < -0.39 is 21.5 Å². The number of methoxy groups -OCH3 is 1. The van der Waals surface area contributed by atoms with E-state index in [1.54, 1.807) is 42.5 Å². The molecule has 2 aromatic rings. The van der Waals surface area contributed by atoms with Crippen molar-refractivity contribution in [3.8, 4) is 11.5 Å². The van der Waals surface area contributed by atoms with Gasteiger partial charge in [0.25, 0.3) is 0 Å². The van der Waals surface area contributed by atoms with E-state index in [-0.39, 0.29) is 11.7 Å². The van der Waals surface area contributed by atoms with Crippen molar-refractivity contribution >= 4 is 27.3 Å². The molecule has 1 aliphatic heterocycles. The third kappa shape index (κ3) is 4.99. The Bertz CT molecular complexity index is 1140. The molecule has 0 unspecified atom stereocenters. The van der Waals surface area contributed by atoms with Gasteiger partial charge in [-0.25, -0.2) is 13.4 Å². The number of rotatable bonds is 5. The second-order valence-electron chi connectivity index (χ2n) is 8.52. The summed E-state index contributed by atoms with van der Waals surface area (Å²) >= 11 is 0. The summed E-state index contributed by atoms with van der Waals surface area (Å²) in [5.74, 6) is 0.0826. The standard InChI is InChI=1S/C22H27N3O5S/c1-22(2,3)21(27)25-18(16-10-7-11-19(30-4)20(16)26)13-17(23-25)14-8-6-9-15(12-14)24-31(5,28)29/h6-12,18,24,26H,13H2,1-5H3/t18-/m0/s1. The number of nitrogens with zero attached hydrogens (tertiary/aromatic N) is 2. The zero-order valence-electron chi connectivity index (χ0n) is 18.2. The van der Waals surface area contributed by atoms with Gasteiger partial charge in [-0.05, 0) is 23.8 Å². The van der Waals surface area contributed by atoms with Crippen molar-refractivity contribution in [2.45, 2.75) is 33.2 Å². The third-order valence-corrected chi connectivity index (χ3v) is 5.47. The molecule has 3 rings (SSSR count). The minimum atomic E-state index is -3.43. The average Bonchev–Trinajstić information content (AvgIpc) is 3.10. The number of sulfonamides is 1. The van der Waals surface area contributed by atoms with Crippen molar-refractivity contribution in [3.05, 3.63) is 53.6 Å². The Kier molecular flexibility index (Phi) is 6.00. The van der Waals surface area contributed by atoms with Crippen LogP contribution in [0.4, 0.5) is 5.69 Å². The van der Waals surface area contributed by atoms with Crippen LogP contribution in [-0.4, -0.2) is 43.5 Å². The minimum Gasteiger partial charge on any atom is -0.504 e. The Labute approximate surface area is 182 Å². The van der Waals surface area contributed by atoms with Gasteiger partial charge in [-0.2, -0.15) is 5.10 Å². The predicted molar refractivity (Wildman–Crippen MR) is 120 cm³/mol. The molecule has 0 radical (unpaired) electrons. The van der Waals surface area contributed by atoms with Crippen LogP contribution in [0.2, 0.25) is 0 Å². The molecule has 0 aromatic heterocycles. The molecule has 1 amide bonds. The Morgan fingerprint density at radius 2 is 1.90 bits per heavy atom. The highest BCUT2D eigenvalue weighted by atomic mass is 32.2. The third-order valence-electron chi connectivity index (χ3n) is 4.87. The van der Waals surface area contributed by atoms with Crippen molar-refractivity contribution < 1.29 is 23.1 Å². The Morgan fingerprint density at radius 3 is 2.52 bits per heavy atom. The zero-order valence-corrected chi connectivity index (χ0v) is 19.0. The molecular formula is C22H27N3O5S. The maximum absolute atomic E-state index is 13.2. The number of para-hydroxylation sites is 1. The SMILES string of the molecule is COc1cccc([C@@H]2CC(c3cccc(NS(C)(=O)=O)c3)=NN2C(=O)C(C)(C)C)c1O. The highest BCUT2D eigenvalue weighted by molar-refractivity contribution is 7.92. The van der Waals surface area contributed by atoms with Gasteiger partial charge in [-0.3, -0.25) is 9.52 Å². The van der Waals surface area contributed by atoms with Gasteiger partial charge in [0, 0.05) is 23.1 Å². The van der Waals surface area contributed by atoms with E-state index in [2.05, 4.69) is 9.82 Å². The Hall–Kier alpha value is -3.07. The van der Waals surface area contributed by atoms with Crippen molar-refractivity contribution in [2.75, 3.05) is 18.1 Å². The van der Waals surface area contributed by atoms with Crippen molar-refractivity contribution in [2.24, 2.45) is 10.5 Å². The first-order valence-corrected chi connectivity index (χ1v) is 11.6. The van der Waals surface area contributed by atoms with Crippen LogP contribution < -0.4 is 9.46 Å². The summed E-state index contributed by atoms with van der Waals surface area (Å²) in [5.41, 5.74) is 1.54. The fraction of sp³-hybridized carbons (Fsp3) is 0.364. The number of amides is 1. The summed E-state index contributed by atoms with van der Waals surface area (Å²) in [7, 11) is -1.96. The summed E-state index contributed by atoms with van der Waals surface area (Å²) in [4.78, 5) is 13.2. The Morgan fingerprint density at radius 1 is 1.23 bits per heavy atom. The van der Waals surface area contributed by atoms with Gasteiger partial charge in [0.2, 0.25) is 15.9 Å². The van der Waals surface area contributed by atoms with E-state index in [1.165, 1.54) is 12.1 Å². The van der Waals surface area contributed by atoms with Crippen LogP contribution in [0.15, 0.2) is 47.6 Å². The van der Waals surface area contributed by atoms with Crippen molar-refractivity contribution in [3.63, 3.8) is 0 Å². The average molecular weight is 446 g/mol. The molecule has 0 saturated carbocycles. The lowest BCUT2D eigenvalue weighted by atomic mass is 9.92. The predicted octanol–water partition coefficient (Wildman–Crippen LogP) is 3.50. The highest BCUT2D eigenvalue weighted by Gasteiger charge is 2.39. The van der Waals surface area contributed by atoms with E-state index in [4.69, 9.17) is 4.74 Å². The first-order valence-electron chi connectivity index (χ1n) is 9.76. The maximum Gasteiger partial charge on any atom is 0.248 e. The van der Waals surface area contributed by atoms with Crippen LogP contribution in [0.5, 0.6) is 11.5 Å². The fourth-order valence-electron chi connectivity index (χ4n) is 3.41. The van der Waals surface area contributed by atoms with Crippen molar-refractivity contribution in [1.82, 2.24) is 5.01 Å². The highest BCUT2D eigenvalue weighted by Crippen LogP contribution is 2.42. The number of carbonyl (C=O) groups excluding carboxylic acids is 1. The van der Waals surface area contributed by atoms with Crippen LogP contribution in [0.25, 0.3) is 0 Å². The van der Waals surface area contributed by atoms with E-state index in [1.807, 2.05) is 20.8 Å². The number of aromatic hydroxyl groups is 1. The normalized spacial score (nSPS) is 16.7. The molecule has 0 fully saturated rings. The van der Waals surface area contributed by atoms with Crippen LogP contribution in [0.3, 0.4) is 0 Å². The number of nitrogens with one attached hydrogen (secondary N) is 1. The van der Waals surface area contributed by atoms with Crippen LogP contribution in [-0.2, 0) is 14.8 Å². The molecule has 2 aromatic carbocycles. The van der Waals surface area contributed by atoms with Crippen LogP contribution >= 0.6 is 0 Å². The molecule has 8 nitrogen and oxygen atoms in total.